The molecule has 0 saturated carbocycles. The zero-order chi connectivity index (χ0) is 3.58. The molecule has 1 unspecified atom stereocenters. The highest BCUT2D eigenvalue weighted by atomic mass is 31.0. The quantitative estimate of drug-likeness (QED) is 0.448. The summed E-state index contributed by atoms with van der Waals surface area (Å²) in [5.41, 5.74) is 5.11. The van der Waals surface area contributed by atoms with Crippen LogP contribution in [0.2, 0.25) is 0 Å². The average molecular weight is 110 g/mol. The molecular weight excluding hydrogens is 95.0 g/mol. The van der Waals surface area contributed by atoms with E-state index in [1.807, 2.05) is 13.8 Å². The second-order valence-electron chi connectivity index (χ2n) is 1.24. The molecule has 0 amide bonds. The highest BCUT2D eigenvalue weighted by Crippen LogP contribution is 1.58. The first-order valence-corrected chi connectivity index (χ1v) is 1.49. The number of nitrogens with two attached hydrogens (primary N) is 1. The zero-order valence-corrected chi connectivity index (χ0v) is 5.98. The van der Waals surface area contributed by atoms with Gasteiger partial charge in [-0.3, -0.25) is 0 Å². The van der Waals surface area contributed by atoms with Crippen LogP contribution in [0.5, 0.6) is 0 Å². The van der Waals surface area contributed by atoms with Crippen LogP contribution in [-0.2, 0) is 0 Å². The van der Waals surface area contributed by atoms with E-state index in [0.29, 0.717) is 6.04 Å². The molecule has 42 valence electrons. The minimum absolute atomic E-state index is 0. The third-order valence-corrected chi connectivity index (χ3v) is 0. The lowest BCUT2D eigenvalue weighted by atomic mass is 10.5. The van der Waals surface area contributed by atoms with Crippen LogP contribution in [0.15, 0.2) is 0 Å². The monoisotopic (exact) mass is 110 g/mol. The Morgan fingerprint density at radius 3 is 1.33 bits per heavy atom. The largest absolute Gasteiger partial charge is 0.344 e. The van der Waals surface area contributed by atoms with Crippen LogP contribution in [-0.4, -0.2) is 6.04 Å². The van der Waals surface area contributed by atoms with Gasteiger partial charge in [-0.2, -0.15) is 9.90 Å². The Morgan fingerprint density at radius 2 is 1.33 bits per heavy atom. The van der Waals surface area contributed by atoms with Gasteiger partial charge in [0.25, 0.3) is 0 Å². The van der Waals surface area contributed by atoms with Gasteiger partial charge in [-0.15, -0.1) is 0 Å². The lowest BCUT2D eigenvalue weighted by Gasteiger charge is -1.81. The predicted molar refractivity (Wildman–Crippen MR) is 35.5 cm³/mol. The summed E-state index contributed by atoms with van der Waals surface area (Å²) < 4.78 is 0. The molecule has 0 aromatic rings. The smallest absolute Gasteiger partial charge is 0.00179 e. The lowest BCUT2D eigenvalue weighted by molar-refractivity contribution is 0.834. The molecule has 0 aromatic carbocycles. The van der Waals surface area contributed by atoms with Gasteiger partial charge in [0.15, 0.2) is 0 Å². The molecule has 0 fully saturated rings. The van der Waals surface area contributed by atoms with Crippen LogP contribution in [0.3, 0.4) is 0 Å². The van der Waals surface area contributed by atoms with E-state index in [1.54, 1.807) is 0 Å². The highest BCUT2D eigenvalue weighted by Gasteiger charge is 1.67. The summed E-state index contributed by atoms with van der Waals surface area (Å²) in [4.78, 5) is 0. The van der Waals surface area contributed by atoms with Crippen LogP contribution >= 0.6 is 9.90 Å². The minimum atomic E-state index is 0. The van der Waals surface area contributed by atoms with Gasteiger partial charge in [-0.05, 0) is 6.04 Å². The summed E-state index contributed by atoms with van der Waals surface area (Å²) in [6.45, 7) is 3.89. The summed E-state index contributed by atoms with van der Waals surface area (Å²) in [7, 11) is 0. The van der Waals surface area contributed by atoms with Crippen LogP contribution < -0.4 is 11.9 Å². The van der Waals surface area contributed by atoms with Crippen molar-refractivity contribution in [2.45, 2.75) is 19.9 Å². The van der Waals surface area contributed by atoms with Gasteiger partial charge >= 0.3 is 0 Å². The van der Waals surface area contributed by atoms with Crippen molar-refractivity contribution >= 4 is 9.90 Å². The van der Waals surface area contributed by atoms with Gasteiger partial charge in [0.1, 0.15) is 0 Å². The van der Waals surface area contributed by atoms with Crippen molar-refractivity contribution in [3.05, 3.63) is 0 Å². The van der Waals surface area contributed by atoms with Crippen molar-refractivity contribution < 1.29 is 0 Å². The molecule has 6 heavy (non-hydrogen) atoms. The van der Waals surface area contributed by atoms with E-state index in [1.165, 1.54) is 0 Å². The summed E-state index contributed by atoms with van der Waals surface area (Å²) in [5.74, 6) is 0. The molecule has 0 aliphatic heterocycles. The lowest BCUT2D eigenvalue weighted by Crippen LogP contribution is -2.06. The molecule has 0 aliphatic carbocycles. The Kier molecular flexibility index (Phi) is 24.3. The molecule has 3 heteroatoms. The van der Waals surface area contributed by atoms with Gasteiger partial charge in [0.05, 0.1) is 0 Å². The molecule has 0 spiro atoms. The predicted octanol–water partition coefficient (Wildman–Crippen LogP) is 0.574. The van der Waals surface area contributed by atoms with Crippen molar-refractivity contribution in [3.8, 4) is 0 Å². The molecule has 0 radical (unpaired) electrons. The molecule has 5 N–H and O–H groups in total. The first kappa shape index (κ1) is 16.2. The van der Waals surface area contributed by atoms with Crippen molar-refractivity contribution in [1.82, 2.24) is 6.15 Å². The van der Waals surface area contributed by atoms with E-state index in [0.717, 1.165) is 0 Å². The first-order valence-electron chi connectivity index (χ1n) is 1.49. The second-order valence-corrected chi connectivity index (χ2v) is 1.24. The maximum atomic E-state index is 5.11. The van der Waals surface area contributed by atoms with Gasteiger partial charge in [0, 0.05) is 0 Å². The number of hydrogen-bond acceptors (Lipinski definition) is 2. The van der Waals surface area contributed by atoms with E-state index in [2.05, 4.69) is 0 Å². The summed E-state index contributed by atoms with van der Waals surface area (Å²) in [6, 6.07) is 0.333. The normalized spacial score (nSPS) is 6.00. The molecule has 0 aromatic heterocycles. The fourth-order valence-electron chi connectivity index (χ4n) is 0. The van der Waals surface area contributed by atoms with Gasteiger partial charge in [-0.1, -0.05) is 13.8 Å². The molecule has 0 rings (SSSR count). The van der Waals surface area contributed by atoms with Crippen LogP contribution in [0, 0.1) is 0 Å². The topological polar surface area (TPSA) is 61.0 Å². The fraction of sp³-hybridized carbons (Fsp3) is 1.00. The molecular formula is C3H15N2P. The Labute approximate surface area is 42.7 Å². The van der Waals surface area contributed by atoms with E-state index in [4.69, 9.17) is 5.73 Å². The van der Waals surface area contributed by atoms with Crippen LogP contribution in [0.4, 0.5) is 0 Å². The van der Waals surface area contributed by atoms with Crippen molar-refractivity contribution in [3.63, 3.8) is 0 Å². The first-order chi connectivity index (χ1) is 1.73. The summed E-state index contributed by atoms with van der Waals surface area (Å²) >= 11 is 0. The van der Waals surface area contributed by atoms with E-state index >= 15 is 0 Å². The molecule has 0 bridgehead atoms. The fourth-order valence-corrected chi connectivity index (χ4v) is 0. The van der Waals surface area contributed by atoms with Crippen LogP contribution in [0.25, 0.3) is 0 Å². The van der Waals surface area contributed by atoms with Gasteiger partial charge in [0.2, 0.25) is 0 Å². The standard InChI is InChI=1S/C3H9N.H3N.H3P/c1-3(2)4;;/h3H,4H2,1-2H3;2*1H3. The zero-order valence-electron chi connectivity index (χ0n) is 4.57. The maximum absolute atomic E-state index is 5.11. The highest BCUT2D eigenvalue weighted by molar-refractivity contribution is 6.92. The van der Waals surface area contributed by atoms with Gasteiger partial charge < -0.3 is 11.9 Å². The second kappa shape index (κ2) is 9.02. The van der Waals surface area contributed by atoms with Crippen molar-refractivity contribution in [2.24, 2.45) is 5.73 Å². The molecule has 0 aliphatic rings. The number of hydrogen-bond donors (Lipinski definition) is 2. The minimum Gasteiger partial charge on any atom is -0.344 e. The Hall–Kier alpha value is 0.350. The van der Waals surface area contributed by atoms with Crippen molar-refractivity contribution in [2.75, 3.05) is 0 Å². The Balaban J connectivity index is -0.0000000450. The summed E-state index contributed by atoms with van der Waals surface area (Å²) in [5, 5.41) is 0. The third kappa shape index (κ3) is 399. The van der Waals surface area contributed by atoms with Crippen molar-refractivity contribution in [1.29, 1.82) is 0 Å². The number of rotatable bonds is 0. The summed E-state index contributed by atoms with van der Waals surface area (Å²) in [6.07, 6.45) is 0. The molecule has 0 saturated heterocycles. The third-order valence-electron chi connectivity index (χ3n) is 0. The van der Waals surface area contributed by atoms with Crippen LogP contribution in [0.1, 0.15) is 13.8 Å². The average Bonchev–Trinajstić information content (AvgIpc) is 0.811. The Bertz CT molecular complexity index is 13.5. The van der Waals surface area contributed by atoms with E-state index in [-0.39, 0.29) is 16.0 Å². The van der Waals surface area contributed by atoms with Gasteiger partial charge in [-0.25, -0.2) is 0 Å². The molecule has 0 heterocycles. The maximum Gasteiger partial charge on any atom is -0.00179 e. The van der Waals surface area contributed by atoms with E-state index < -0.39 is 0 Å². The SMILES string of the molecule is CC(C)N.N.P. The molecule has 1 atom stereocenters. The van der Waals surface area contributed by atoms with E-state index in [9.17, 15) is 0 Å². The molecule has 2 nitrogen and oxygen atoms in total. The Morgan fingerprint density at radius 1 is 1.33 bits per heavy atom.